The Bertz CT molecular complexity index is 3680. The van der Waals surface area contributed by atoms with Crippen LogP contribution >= 0.6 is 0 Å². The number of fused-ring (bicyclic) bond motifs is 8. The second-order valence-electron chi connectivity index (χ2n) is 15.3. The van der Waals surface area contributed by atoms with Gasteiger partial charge < -0.3 is 18.5 Å². The molecule has 3 heterocycles. The van der Waals surface area contributed by atoms with Gasteiger partial charge >= 0.3 is 0 Å². The van der Waals surface area contributed by atoms with Gasteiger partial charge in [0.1, 0.15) is 11.2 Å². The molecule has 0 spiro atoms. The molecule has 0 saturated carbocycles. The summed E-state index contributed by atoms with van der Waals surface area (Å²) in [6.07, 6.45) is 0. The van der Waals surface area contributed by atoms with Crippen LogP contribution in [0.5, 0.6) is 0 Å². The van der Waals surface area contributed by atoms with E-state index in [1.165, 1.54) is 16.3 Å². The van der Waals surface area contributed by atoms with Crippen molar-refractivity contribution in [3.8, 4) is 22.5 Å². The Morgan fingerprint density at radius 2 is 0.833 bits per heavy atom. The standard InChI is InChI=1S/C55H35N3O2/c59-55-45-21-11-13-23-53(45)60-54-33-37(24-28-46(54)55)36-25-30-50-47(32-36)48-34-41(27-31-51(48)57(50)39-16-6-2-7-17-39)56(38-14-4-1-5-15-38)42-26-29-44-43-20-10-12-22-49(43)58(52(44)35-42)40-18-8-3-9-19-40/h1-35H. The van der Waals surface area contributed by atoms with Gasteiger partial charge in [0.05, 0.1) is 32.8 Å². The van der Waals surface area contributed by atoms with Crippen molar-refractivity contribution in [3.05, 3.63) is 223 Å². The van der Waals surface area contributed by atoms with Gasteiger partial charge in [0.25, 0.3) is 0 Å². The maximum Gasteiger partial charge on any atom is 0.200 e. The van der Waals surface area contributed by atoms with Gasteiger partial charge in [0.2, 0.25) is 5.43 Å². The molecule has 0 atom stereocenters. The first kappa shape index (κ1) is 33.9. The molecule has 0 bridgehead atoms. The molecule has 0 aliphatic heterocycles. The van der Waals surface area contributed by atoms with Crippen molar-refractivity contribution < 1.29 is 4.42 Å². The summed E-state index contributed by atoms with van der Waals surface area (Å²) in [7, 11) is 0. The van der Waals surface area contributed by atoms with E-state index in [1.54, 1.807) is 0 Å². The van der Waals surface area contributed by atoms with E-state index in [1.807, 2.05) is 42.5 Å². The third-order valence-corrected chi connectivity index (χ3v) is 11.9. The van der Waals surface area contributed by atoms with Gasteiger partial charge in [-0.2, -0.15) is 0 Å². The largest absolute Gasteiger partial charge is 0.456 e. The monoisotopic (exact) mass is 769 g/mol. The van der Waals surface area contributed by atoms with Gasteiger partial charge in [-0.3, -0.25) is 4.79 Å². The molecule has 12 rings (SSSR count). The number of aromatic nitrogens is 2. The Balaban J connectivity index is 1.08. The maximum atomic E-state index is 13.4. The summed E-state index contributed by atoms with van der Waals surface area (Å²) in [6, 6.07) is 74.1. The minimum absolute atomic E-state index is 0.0176. The van der Waals surface area contributed by atoms with E-state index >= 15 is 0 Å². The third kappa shape index (κ3) is 5.30. The summed E-state index contributed by atoms with van der Waals surface area (Å²) in [5.41, 5.74) is 13.1. The Morgan fingerprint density at radius 3 is 1.60 bits per heavy atom. The van der Waals surface area contributed by atoms with E-state index in [0.29, 0.717) is 21.9 Å². The molecule has 3 aromatic heterocycles. The highest BCUT2D eigenvalue weighted by Gasteiger charge is 2.20. The Kier molecular flexibility index (Phi) is 7.62. The molecule has 0 fully saturated rings. The van der Waals surface area contributed by atoms with Crippen LogP contribution in [-0.2, 0) is 0 Å². The molecule has 0 saturated heterocycles. The smallest absolute Gasteiger partial charge is 0.200 e. The van der Waals surface area contributed by atoms with Crippen LogP contribution in [0.3, 0.4) is 0 Å². The number of nitrogens with zero attached hydrogens (tertiary/aromatic N) is 3. The molecule has 60 heavy (non-hydrogen) atoms. The van der Waals surface area contributed by atoms with E-state index in [4.69, 9.17) is 4.42 Å². The molecule has 5 heteroatoms. The Labute approximate surface area is 344 Å². The fourth-order valence-corrected chi connectivity index (χ4v) is 9.14. The Morgan fingerprint density at radius 1 is 0.333 bits per heavy atom. The lowest BCUT2D eigenvalue weighted by Crippen LogP contribution is -2.10. The fraction of sp³-hybridized carbons (Fsp3) is 0. The lowest BCUT2D eigenvalue weighted by Gasteiger charge is -2.26. The summed E-state index contributed by atoms with van der Waals surface area (Å²) in [5.74, 6) is 0. The third-order valence-electron chi connectivity index (χ3n) is 11.9. The van der Waals surface area contributed by atoms with Crippen LogP contribution in [0.1, 0.15) is 0 Å². The highest BCUT2D eigenvalue weighted by molar-refractivity contribution is 6.13. The lowest BCUT2D eigenvalue weighted by atomic mass is 10.0. The van der Waals surface area contributed by atoms with Crippen molar-refractivity contribution in [2.45, 2.75) is 0 Å². The highest BCUT2D eigenvalue weighted by Crippen LogP contribution is 2.43. The second-order valence-corrected chi connectivity index (χ2v) is 15.3. The zero-order chi connectivity index (χ0) is 39.7. The van der Waals surface area contributed by atoms with Crippen molar-refractivity contribution in [1.82, 2.24) is 9.13 Å². The molecule has 0 radical (unpaired) electrons. The molecular formula is C55H35N3O2. The van der Waals surface area contributed by atoms with Crippen LogP contribution in [0.25, 0.3) is 88.1 Å². The topological polar surface area (TPSA) is 43.3 Å². The Hall–Kier alpha value is -8.15. The minimum Gasteiger partial charge on any atom is -0.456 e. The van der Waals surface area contributed by atoms with Crippen LogP contribution < -0.4 is 10.3 Å². The average molecular weight is 770 g/mol. The van der Waals surface area contributed by atoms with Gasteiger partial charge in [0.15, 0.2) is 0 Å². The van der Waals surface area contributed by atoms with Crippen molar-refractivity contribution in [2.24, 2.45) is 0 Å². The first-order valence-electron chi connectivity index (χ1n) is 20.2. The number of hydrogen-bond donors (Lipinski definition) is 0. The molecule has 5 nitrogen and oxygen atoms in total. The maximum absolute atomic E-state index is 13.4. The van der Waals surface area contributed by atoms with Crippen LogP contribution in [0.2, 0.25) is 0 Å². The van der Waals surface area contributed by atoms with Crippen molar-refractivity contribution in [3.63, 3.8) is 0 Å². The molecule has 0 unspecified atom stereocenters. The van der Waals surface area contributed by atoms with Gasteiger partial charge in [-0.25, -0.2) is 0 Å². The molecule has 9 aromatic carbocycles. The van der Waals surface area contributed by atoms with E-state index in [0.717, 1.165) is 66.9 Å². The number of hydrogen-bond acceptors (Lipinski definition) is 3. The van der Waals surface area contributed by atoms with Crippen LogP contribution in [0.4, 0.5) is 17.1 Å². The van der Waals surface area contributed by atoms with Gasteiger partial charge in [-0.15, -0.1) is 0 Å². The second kappa shape index (κ2) is 13.5. The van der Waals surface area contributed by atoms with Crippen LogP contribution in [0.15, 0.2) is 222 Å². The normalized spacial score (nSPS) is 11.7. The summed E-state index contributed by atoms with van der Waals surface area (Å²) in [6.45, 7) is 0. The van der Waals surface area contributed by atoms with Gasteiger partial charge in [-0.05, 0) is 120 Å². The first-order chi connectivity index (χ1) is 29.7. The first-order valence-corrected chi connectivity index (χ1v) is 20.2. The SMILES string of the molecule is O=c1c2ccccc2oc2cc(-c3ccc4c(c3)c3cc(N(c5ccccc5)c5ccc6c7ccccc7n(-c7ccccc7)c6c5)ccc3n4-c3ccccc3)ccc12. The quantitative estimate of drug-likeness (QED) is 0.158. The zero-order valence-electron chi connectivity index (χ0n) is 32.4. The van der Waals surface area contributed by atoms with Crippen molar-refractivity contribution >= 4 is 82.6 Å². The number of benzene rings is 9. The van der Waals surface area contributed by atoms with Gasteiger partial charge in [0, 0.05) is 50.0 Å². The predicted molar refractivity (Wildman–Crippen MR) is 249 cm³/mol. The van der Waals surface area contributed by atoms with Crippen LogP contribution in [0, 0.1) is 0 Å². The van der Waals surface area contributed by atoms with E-state index in [9.17, 15) is 4.79 Å². The van der Waals surface area contributed by atoms with Crippen molar-refractivity contribution in [1.29, 1.82) is 0 Å². The average Bonchev–Trinajstić information content (AvgIpc) is 3.82. The molecule has 282 valence electrons. The van der Waals surface area contributed by atoms with Crippen LogP contribution in [-0.4, -0.2) is 9.13 Å². The van der Waals surface area contributed by atoms with E-state index in [2.05, 4.69) is 184 Å². The lowest BCUT2D eigenvalue weighted by molar-refractivity contribution is 0.660. The summed E-state index contributed by atoms with van der Waals surface area (Å²) < 4.78 is 11.0. The summed E-state index contributed by atoms with van der Waals surface area (Å²) in [5, 5.41) is 5.86. The number of rotatable bonds is 6. The number of para-hydroxylation sites is 5. The minimum atomic E-state index is -0.0176. The summed E-state index contributed by atoms with van der Waals surface area (Å²) >= 11 is 0. The molecule has 0 N–H and O–H groups in total. The highest BCUT2D eigenvalue weighted by atomic mass is 16.3. The molecular weight excluding hydrogens is 735 g/mol. The predicted octanol–water partition coefficient (Wildman–Crippen LogP) is 14.3. The number of anilines is 3. The molecule has 12 aromatic rings. The van der Waals surface area contributed by atoms with Crippen molar-refractivity contribution in [2.75, 3.05) is 4.90 Å². The molecule has 0 amide bonds. The van der Waals surface area contributed by atoms with E-state index in [-0.39, 0.29) is 5.43 Å². The fourth-order valence-electron chi connectivity index (χ4n) is 9.14. The van der Waals surface area contributed by atoms with Gasteiger partial charge in [-0.1, -0.05) is 103 Å². The summed E-state index contributed by atoms with van der Waals surface area (Å²) in [4.78, 5) is 15.8. The zero-order valence-corrected chi connectivity index (χ0v) is 32.4. The van der Waals surface area contributed by atoms with E-state index < -0.39 is 0 Å². The molecule has 0 aliphatic rings. The molecule has 0 aliphatic carbocycles.